The standard InChI is InChI=1S/C15H16IN/c1-2-17-15(12-6-4-3-5-7-12)13-8-10-14(16)11-9-13/h3-11,15,17H,2H2,1H3. The largest absolute Gasteiger partial charge is 0.307 e. The summed E-state index contributed by atoms with van der Waals surface area (Å²) in [5, 5.41) is 3.53. The molecule has 0 aliphatic heterocycles. The Balaban J connectivity index is 2.32. The van der Waals surface area contributed by atoms with E-state index in [4.69, 9.17) is 0 Å². The van der Waals surface area contributed by atoms with Crippen LogP contribution in [-0.2, 0) is 0 Å². The van der Waals surface area contributed by atoms with E-state index in [1.807, 2.05) is 0 Å². The lowest BCUT2D eigenvalue weighted by Gasteiger charge is -2.19. The molecule has 2 rings (SSSR count). The van der Waals surface area contributed by atoms with Gasteiger partial charge in [0.15, 0.2) is 0 Å². The quantitative estimate of drug-likeness (QED) is 0.832. The van der Waals surface area contributed by atoms with Crippen molar-refractivity contribution in [3.63, 3.8) is 0 Å². The molecule has 0 amide bonds. The van der Waals surface area contributed by atoms with Gasteiger partial charge in [-0.1, -0.05) is 49.4 Å². The summed E-state index contributed by atoms with van der Waals surface area (Å²) in [6, 6.07) is 19.6. The third-order valence-corrected chi connectivity index (χ3v) is 3.46. The van der Waals surface area contributed by atoms with E-state index in [1.54, 1.807) is 0 Å². The van der Waals surface area contributed by atoms with Crippen LogP contribution in [0.2, 0.25) is 0 Å². The molecule has 0 aliphatic rings. The van der Waals surface area contributed by atoms with E-state index in [0.717, 1.165) is 6.54 Å². The van der Waals surface area contributed by atoms with Crippen LogP contribution in [-0.4, -0.2) is 6.54 Å². The zero-order valence-electron chi connectivity index (χ0n) is 9.86. The highest BCUT2D eigenvalue weighted by molar-refractivity contribution is 14.1. The molecule has 1 N–H and O–H groups in total. The maximum absolute atomic E-state index is 3.53. The third kappa shape index (κ3) is 3.30. The van der Waals surface area contributed by atoms with Crippen LogP contribution in [0, 0.1) is 3.57 Å². The van der Waals surface area contributed by atoms with Gasteiger partial charge in [-0.2, -0.15) is 0 Å². The number of hydrogen-bond acceptors (Lipinski definition) is 1. The Morgan fingerprint density at radius 2 is 1.53 bits per heavy atom. The predicted octanol–water partition coefficient (Wildman–Crippen LogP) is 3.99. The summed E-state index contributed by atoms with van der Waals surface area (Å²) < 4.78 is 1.27. The lowest BCUT2D eigenvalue weighted by Crippen LogP contribution is -2.21. The van der Waals surface area contributed by atoms with Gasteiger partial charge in [-0.25, -0.2) is 0 Å². The van der Waals surface area contributed by atoms with Gasteiger partial charge in [-0.3, -0.25) is 0 Å². The monoisotopic (exact) mass is 337 g/mol. The van der Waals surface area contributed by atoms with Gasteiger partial charge in [0.1, 0.15) is 0 Å². The number of halogens is 1. The van der Waals surface area contributed by atoms with Crippen molar-refractivity contribution in [3.8, 4) is 0 Å². The van der Waals surface area contributed by atoms with E-state index < -0.39 is 0 Å². The highest BCUT2D eigenvalue weighted by Gasteiger charge is 2.11. The van der Waals surface area contributed by atoms with E-state index in [0.29, 0.717) is 6.04 Å². The Kier molecular flexibility index (Phi) is 4.57. The summed E-state index contributed by atoms with van der Waals surface area (Å²) in [7, 11) is 0. The maximum atomic E-state index is 3.53. The molecule has 17 heavy (non-hydrogen) atoms. The Morgan fingerprint density at radius 3 is 2.12 bits per heavy atom. The molecule has 0 saturated heterocycles. The predicted molar refractivity (Wildman–Crippen MR) is 81.1 cm³/mol. The molecule has 0 heterocycles. The van der Waals surface area contributed by atoms with Crippen molar-refractivity contribution in [1.29, 1.82) is 0 Å². The highest BCUT2D eigenvalue weighted by Crippen LogP contribution is 2.22. The van der Waals surface area contributed by atoms with Crippen molar-refractivity contribution < 1.29 is 0 Å². The molecule has 0 aliphatic carbocycles. The second-order valence-corrected chi connectivity index (χ2v) is 5.20. The molecule has 0 aromatic heterocycles. The SMILES string of the molecule is CCNC(c1ccccc1)c1ccc(I)cc1. The Morgan fingerprint density at radius 1 is 0.941 bits per heavy atom. The first kappa shape index (κ1) is 12.6. The van der Waals surface area contributed by atoms with E-state index in [9.17, 15) is 0 Å². The highest BCUT2D eigenvalue weighted by atomic mass is 127. The van der Waals surface area contributed by atoms with Crippen LogP contribution < -0.4 is 5.32 Å². The first-order valence-electron chi connectivity index (χ1n) is 5.85. The summed E-state index contributed by atoms with van der Waals surface area (Å²) in [5.41, 5.74) is 2.63. The van der Waals surface area contributed by atoms with Crippen LogP contribution in [0.4, 0.5) is 0 Å². The van der Waals surface area contributed by atoms with Crippen LogP contribution in [0.3, 0.4) is 0 Å². The number of nitrogens with one attached hydrogen (secondary N) is 1. The molecular formula is C15H16IN. The van der Waals surface area contributed by atoms with Crippen LogP contribution >= 0.6 is 22.6 Å². The zero-order valence-corrected chi connectivity index (χ0v) is 12.0. The molecule has 1 nitrogen and oxygen atoms in total. The molecule has 1 unspecified atom stereocenters. The zero-order chi connectivity index (χ0) is 12.1. The first-order chi connectivity index (χ1) is 8.31. The minimum absolute atomic E-state index is 0.290. The molecule has 0 radical (unpaired) electrons. The average Bonchev–Trinajstić information content (AvgIpc) is 2.38. The van der Waals surface area contributed by atoms with E-state index in [-0.39, 0.29) is 0 Å². The van der Waals surface area contributed by atoms with Gasteiger partial charge in [0.05, 0.1) is 6.04 Å². The lowest BCUT2D eigenvalue weighted by atomic mass is 9.99. The second kappa shape index (κ2) is 6.17. The third-order valence-electron chi connectivity index (χ3n) is 2.74. The van der Waals surface area contributed by atoms with Crippen LogP contribution in [0.15, 0.2) is 54.6 Å². The molecule has 0 spiro atoms. The topological polar surface area (TPSA) is 12.0 Å². The molecule has 0 fully saturated rings. The Hall–Kier alpha value is -0.870. The van der Waals surface area contributed by atoms with Gasteiger partial charge >= 0.3 is 0 Å². The minimum Gasteiger partial charge on any atom is -0.307 e. The summed E-state index contributed by atoms with van der Waals surface area (Å²) in [4.78, 5) is 0. The minimum atomic E-state index is 0.290. The number of rotatable bonds is 4. The molecular weight excluding hydrogens is 321 g/mol. The Labute approximate surface area is 116 Å². The molecule has 88 valence electrons. The van der Waals surface area contributed by atoms with Gasteiger partial charge < -0.3 is 5.32 Å². The van der Waals surface area contributed by atoms with Crippen molar-refractivity contribution in [2.24, 2.45) is 0 Å². The van der Waals surface area contributed by atoms with Gasteiger partial charge in [0.2, 0.25) is 0 Å². The second-order valence-electron chi connectivity index (χ2n) is 3.95. The lowest BCUT2D eigenvalue weighted by molar-refractivity contribution is 0.630. The first-order valence-corrected chi connectivity index (χ1v) is 6.93. The van der Waals surface area contributed by atoms with Crippen molar-refractivity contribution in [2.45, 2.75) is 13.0 Å². The number of benzene rings is 2. The molecule has 2 aromatic rings. The van der Waals surface area contributed by atoms with Gasteiger partial charge in [-0.15, -0.1) is 0 Å². The molecule has 1 atom stereocenters. The van der Waals surface area contributed by atoms with Crippen LogP contribution in [0.25, 0.3) is 0 Å². The van der Waals surface area contributed by atoms with E-state index >= 15 is 0 Å². The summed E-state index contributed by atoms with van der Waals surface area (Å²) in [5.74, 6) is 0. The fourth-order valence-corrected chi connectivity index (χ4v) is 2.29. The Bertz CT molecular complexity index is 450. The summed E-state index contributed by atoms with van der Waals surface area (Å²) in [6.07, 6.45) is 0. The van der Waals surface area contributed by atoms with Crippen molar-refractivity contribution in [3.05, 3.63) is 69.3 Å². The molecule has 2 heteroatoms. The fraction of sp³-hybridized carbons (Fsp3) is 0.200. The number of hydrogen-bond donors (Lipinski definition) is 1. The van der Waals surface area contributed by atoms with E-state index in [1.165, 1.54) is 14.7 Å². The van der Waals surface area contributed by atoms with Crippen molar-refractivity contribution >= 4 is 22.6 Å². The maximum Gasteiger partial charge on any atom is 0.0576 e. The summed E-state index contributed by atoms with van der Waals surface area (Å²) in [6.45, 7) is 3.11. The summed E-state index contributed by atoms with van der Waals surface area (Å²) >= 11 is 2.34. The van der Waals surface area contributed by atoms with Crippen LogP contribution in [0.1, 0.15) is 24.1 Å². The average molecular weight is 337 g/mol. The smallest absolute Gasteiger partial charge is 0.0576 e. The molecule has 2 aromatic carbocycles. The van der Waals surface area contributed by atoms with Gasteiger partial charge in [0, 0.05) is 3.57 Å². The van der Waals surface area contributed by atoms with Gasteiger partial charge in [-0.05, 0) is 52.4 Å². The fourth-order valence-electron chi connectivity index (χ4n) is 1.93. The van der Waals surface area contributed by atoms with Crippen LogP contribution in [0.5, 0.6) is 0 Å². The molecule has 0 bridgehead atoms. The molecule has 0 saturated carbocycles. The van der Waals surface area contributed by atoms with Gasteiger partial charge in [0.25, 0.3) is 0 Å². The van der Waals surface area contributed by atoms with Crippen molar-refractivity contribution in [1.82, 2.24) is 5.32 Å². The normalized spacial score (nSPS) is 12.4. The van der Waals surface area contributed by atoms with Crippen molar-refractivity contribution in [2.75, 3.05) is 6.54 Å². The van der Waals surface area contributed by atoms with E-state index in [2.05, 4.69) is 89.4 Å².